The summed E-state index contributed by atoms with van der Waals surface area (Å²) in [5, 5.41) is 8.41. The summed E-state index contributed by atoms with van der Waals surface area (Å²) in [7, 11) is 0. The van der Waals surface area contributed by atoms with Crippen LogP contribution in [0.2, 0.25) is 0 Å². The second-order valence-corrected chi connectivity index (χ2v) is 8.06. The summed E-state index contributed by atoms with van der Waals surface area (Å²) in [6.45, 7) is 2.30. The standard InChI is InChI=1S/C22H22FN5O2/c1-14-2-4-20(28-25-6-7-26-28)19(8-14)22(29)27-17-9-15(10-17)11-18(27)13-30-21-5-3-16(23)12-24-21/h2-8,12,15,17-18H,9-11,13H2,1H3/t15?,17?,18-/m1/s1. The van der Waals surface area contributed by atoms with E-state index in [2.05, 4.69) is 15.2 Å². The number of carbonyl (C=O) groups excluding carboxylic acids is 1. The number of pyridine rings is 1. The van der Waals surface area contributed by atoms with Gasteiger partial charge in [-0.3, -0.25) is 4.79 Å². The molecule has 7 nitrogen and oxygen atoms in total. The molecule has 3 fully saturated rings. The van der Waals surface area contributed by atoms with Gasteiger partial charge >= 0.3 is 0 Å². The zero-order chi connectivity index (χ0) is 20.7. The van der Waals surface area contributed by atoms with Gasteiger partial charge in [0.1, 0.15) is 12.4 Å². The normalized spacial score (nSPS) is 22.5. The molecule has 0 radical (unpaired) electrons. The Bertz CT molecular complexity index is 1050. The maximum absolute atomic E-state index is 13.7. The van der Waals surface area contributed by atoms with Crippen molar-refractivity contribution in [2.24, 2.45) is 5.92 Å². The molecule has 1 saturated carbocycles. The Balaban J connectivity index is 1.42. The van der Waals surface area contributed by atoms with E-state index in [1.54, 1.807) is 12.4 Å². The number of rotatable bonds is 5. The Hall–Kier alpha value is -3.29. The second-order valence-electron chi connectivity index (χ2n) is 8.06. The van der Waals surface area contributed by atoms with Crippen molar-refractivity contribution in [1.29, 1.82) is 0 Å². The second kappa shape index (κ2) is 7.51. The summed E-state index contributed by atoms with van der Waals surface area (Å²) in [6.07, 6.45) is 7.27. The molecule has 2 aliphatic heterocycles. The lowest BCUT2D eigenvalue weighted by Gasteiger charge is -2.53. The molecule has 30 heavy (non-hydrogen) atoms. The van der Waals surface area contributed by atoms with Gasteiger partial charge in [-0.2, -0.15) is 15.0 Å². The van der Waals surface area contributed by atoms with Gasteiger partial charge in [0, 0.05) is 12.1 Å². The number of hydrogen-bond donors (Lipinski definition) is 0. The van der Waals surface area contributed by atoms with Crippen molar-refractivity contribution in [3.63, 3.8) is 0 Å². The third-order valence-electron chi connectivity index (χ3n) is 5.98. The molecule has 2 bridgehead atoms. The monoisotopic (exact) mass is 407 g/mol. The molecular formula is C22H22FN5O2. The topological polar surface area (TPSA) is 73.1 Å². The number of benzene rings is 1. The lowest BCUT2D eigenvalue weighted by Crippen LogP contribution is -2.60. The van der Waals surface area contributed by atoms with E-state index < -0.39 is 5.82 Å². The number of aryl methyl sites for hydroxylation is 1. The summed E-state index contributed by atoms with van der Waals surface area (Å²) in [5.74, 6) is 0.547. The zero-order valence-electron chi connectivity index (χ0n) is 16.6. The number of nitrogens with zero attached hydrogens (tertiary/aromatic N) is 5. The maximum atomic E-state index is 13.7. The molecule has 0 N–H and O–H groups in total. The van der Waals surface area contributed by atoms with E-state index >= 15 is 0 Å². The van der Waals surface area contributed by atoms with Crippen molar-refractivity contribution >= 4 is 5.91 Å². The highest BCUT2D eigenvalue weighted by Crippen LogP contribution is 2.43. The smallest absolute Gasteiger partial charge is 0.256 e. The van der Waals surface area contributed by atoms with E-state index in [1.807, 2.05) is 30.0 Å². The van der Waals surface area contributed by atoms with Crippen molar-refractivity contribution in [2.75, 3.05) is 6.61 Å². The quantitative estimate of drug-likeness (QED) is 0.650. The minimum atomic E-state index is -0.405. The van der Waals surface area contributed by atoms with Gasteiger partial charge in [0.15, 0.2) is 0 Å². The molecule has 154 valence electrons. The SMILES string of the molecule is Cc1ccc(-n2nccn2)c(C(=O)N2C3CC(C3)C[C@@H]2COc2ccc(F)cn2)c1. The van der Waals surface area contributed by atoms with Gasteiger partial charge < -0.3 is 9.64 Å². The molecule has 6 rings (SSSR count). The summed E-state index contributed by atoms with van der Waals surface area (Å²) in [5.41, 5.74) is 2.25. The number of aromatic nitrogens is 4. The number of fused-ring (bicyclic) bond motifs is 2. The molecule has 3 aliphatic rings. The van der Waals surface area contributed by atoms with Crippen molar-refractivity contribution in [2.45, 2.75) is 38.3 Å². The van der Waals surface area contributed by atoms with Crippen molar-refractivity contribution < 1.29 is 13.9 Å². The van der Waals surface area contributed by atoms with Gasteiger partial charge in [-0.1, -0.05) is 11.6 Å². The van der Waals surface area contributed by atoms with Gasteiger partial charge in [-0.25, -0.2) is 9.37 Å². The van der Waals surface area contributed by atoms with E-state index in [9.17, 15) is 9.18 Å². The Morgan fingerprint density at radius 2 is 1.97 bits per heavy atom. The van der Waals surface area contributed by atoms with E-state index in [-0.39, 0.29) is 18.0 Å². The van der Waals surface area contributed by atoms with E-state index in [1.165, 1.54) is 16.9 Å². The molecule has 3 aromatic rings. The Labute approximate surface area is 173 Å². The lowest BCUT2D eigenvalue weighted by molar-refractivity contribution is -0.0310. The molecule has 0 spiro atoms. The first-order valence-electron chi connectivity index (χ1n) is 10.1. The summed E-state index contributed by atoms with van der Waals surface area (Å²) in [4.78, 5) is 21.1. The van der Waals surface area contributed by atoms with Crippen LogP contribution >= 0.6 is 0 Å². The van der Waals surface area contributed by atoms with Gasteiger partial charge in [0.2, 0.25) is 5.88 Å². The third kappa shape index (κ3) is 3.42. The number of halogens is 1. The fourth-order valence-electron chi connectivity index (χ4n) is 4.50. The first-order valence-corrected chi connectivity index (χ1v) is 10.1. The van der Waals surface area contributed by atoms with Gasteiger partial charge in [0.25, 0.3) is 5.91 Å². The van der Waals surface area contributed by atoms with Crippen LogP contribution in [0.5, 0.6) is 5.88 Å². The summed E-state index contributed by atoms with van der Waals surface area (Å²) in [6, 6.07) is 8.71. The number of carbonyl (C=O) groups is 1. The van der Waals surface area contributed by atoms with Crippen LogP contribution in [0.4, 0.5) is 4.39 Å². The number of piperidine rings is 2. The van der Waals surface area contributed by atoms with E-state index in [0.717, 1.165) is 31.0 Å². The predicted molar refractivity (Wildman–Crippen MR) is 107 cm³/mol. The van der Waals surface area contributed by atoms with Crippen molar-refractivity contribution in [3.8, 4) is 11.6 Å². The minimum Gasteiger partial charge on any atom is -0.475 e. The van der Waals surface area contributed by atoms with Crippen LogP contribution in [0, 0.1) is 18.7 Å². The Morgan fingerprint density at radius 3 is 2.70 bits per heavy atom. The molecule has 4 heterocycles. The van der Waals surface area contributed by atoms with E-state index in [4.69, 9.17) is 4.74 Å². The van der Waals surface area contributed by atoms with Crippen LogP contribution in [0.15, 0.2) is 48.9 Å². The molecule has 0 unspecified atom stereocenters. The highest BCUT2D eigenvalue weighted by molar-refractivity contribution is 5.98. The van der Waals surface area contributed by atoms with E-state index in [0.29, 0.717) is 29.7 Å². The lowest BCUT2D eigenvalue weighted by atomic mass is 9.70. The molecule has 1 amide bonds. The number of amides is 1. The molecule has 8 heteroatoms. The minimum absolute atomic E-state index is 0.0326. The molecule has 1 aliphatic carbocycles. The first-order chi connectivity index (χ1) is 14.6. The Morgan fingerprint density at radius 1 is 1.17 bits per heavy atom. The van der Waals surface area contributed by atoms with Crippen LogP contribution in [0.25, 0.3) is 5.69 Å². The number of ether oxygens (including phenoxy) is 1. The van der Waals surface area contributed by atoms with Gasteiger partial charge in [-0.15, -0.1) is 0 Å². The number of hydrogen-bond acceptors (Lipinski definition) is 5. The Kier molecular flexibility index (Phi) is 4.69. The fourth-order valence-corrected chi connectivity index (χ4v) is 4.50. The van der Waals surface area contributed by atoms with Crippen LogP contribution in [-0.2, 0) is 0 Å². The first kappa shape index (κ1) is 18.7. The molecule has 1 atom stereocenters. The summed E-state index contributed by atoms with van der Waals surface area (Å²) < 4.78 is 18.9. The molecule has 2 aromatic heterocycles. The van der Waals surface area contributed by atoms with Gasteiger partial charge in [0.05, 0.1) is 35.9 Å². The van der Waals surface area contributed by atoms with Crippen LogP contribution in [-0.4, -0.2) is 49.5 Å². The largest absolute Gasteiger partial charge is 0.475 e. The highest BCUT2D eigenvalue weighted by atomic mass is 19.1. The van der Waals surface area contributed by atoms with Gasteiger partial charge in [-0.05, 0) is 50.3 Å². The average molecular weight is 407 g/mol. The van der Waals surface area contributed by atoms with Crippen molar-refractivity contribution in [3.05, 3.63) is 65.9 Å². The molecule has 2 saturated heterocycles. The fraction of sp³-hybridized carbons (Fsp3) is 0.364. The highest BCUT2D eigenvalue weighted by Gasteiger charge is 2.47. The van der Waals surface area contributed by atoms with Crippen LogP contribution < -0.4 is 4.74 Å². The molecular weight excluding hydrogens is 385 g/mol. The van der Waals surface area contributed by atoms with Crippen molar-refractivity contribution in [1.82, 2.24) is 24.9 Å². The maximum Gasteiger partial charge on any atom is 0.256 e. The predicted octanol–water partition coefficient (Wildman–Crippen LogP) is 3.18. The van der Waals surface area contributed by atoms with Crippen LogP contribution in [0.3, 0.4) is 0 Å². The zero-order valence-corrected chi connectivity index (χ0v) is 16.6. The average Bonchev–Trinajstić information content (AvgIpc) is 3.26. The third-order valence-corrected chi connectivity index (χ3v) is 5.98. The molecule has 1 aromatic carbocycles. The van der Waals surface area contributed by atoms with Crippen LogP contribution in [0.1, 0.15) is 35.2 Å². The summed E-state index contributed by atoms with van der Waals surface area (Å²) >= 11 is 0.